The number of amides is 1. The van der Waals surface area contributed by atoms with Crippen molar-refractivity contribution in [3.05, 3.63) is 35.6 Å². The zero-order valence-corrected chi connectivity index (χ0v) is 10.8. The van der Waals surface area contributed by atoms with E-state index in [1.165, 1.54) is 31.4 Å². The molecular weight excluding hydrogens is 241 g/mol. The first kappa shape index (κ1) is 11.4. The maximum Gasteiger partial charge on any atom is 0.251 e. The number of carbonyl (C=O) groups is 1. The van der Waals surface area contributed by atoms with E-state index in [4.69, 9.17) is 0 Å². The first-order valence-electron chi connectivity index (χ1n) is 7.26. The Morgan fingerprint density at radius 2 is 1.89 bits per heavy atom. The topological polar surface area (TPSA) is 29.1 Å². The lowest BCUT2D eigenvalue weighted by Gasteiger charge is -2.21. The van der Waals surface area contributed by atoms with E-state index in [1.54, 1.807) is 12.1 Å². The SMILES string of the molecule is O=C(NC[C@@H]1C[C@H]2C[C@H]1[C@H]1C[C@@H]21)c1ccc(F)cc1. The molecule has 3 aliphatic carbocycles. The van der Waals surface area contributed by atoms with Gasteiger partial charge in [-0.05, 0) is 73.1 Å². The second-order valence-electron chi connectivity index (χ2n) is 6.44. The molecule has 1 amide bonds. The molecule has 0 radical (unpaired) electrons. The minimum Gasteiger partial charge on any atom is -0.352 e. The highest BCUT2D eigenvalue weighted by atomic mass is 19.1. The second kappa shape index (κ2) is 4.06. The average Bonchev–Trinajstić information content (AvgIpc) is 3.03. The summed E-state index contributed by atoms with van der Waals surface area (Å²) < 4.78 is 12.8. The summed E-state index contributed by atoms with van der Waals surface area (Å²) in [5, 5.41) is 3.02. The van der Waals surface area contributed by atoms with Crippen LogP contribution in [0.15, 0.2) is 24.3 Å². The molecule has 1 aromatic carbocycles. The van der Waals surface area contributed by atoms with Crippen LogP contribution in [0.5, 0.6) is 0 Å². The summed E-state index contributed by atoms with van der Waals surface area (Å²) in [6.07, 6.45) is 4.14. The van der Waals surface area contributed by atoms with Gasteiger partial charge >= 0.3 is 0 Å². The molecule has 0 aliphatic heterocycles. The van der Waals surface area contributed by atoms with Gasteiger partial charge in [0.15, 0.2) is 0 Å². The quantitative estimate of drug-likeness (QED) is 0.888. The molecule has 3 fully saturated rings. The van der Waals surface area contributed by atoms with Crippen LogP contribution in [0.25, 0.3) is 0 Å². The normalized spacial score (nSPS) is 38.1. The summed E-state index contributed by atoms with van der Waals surface area (Å²) in [5.74, 6) is 4.13. The molecule has 100 valence electrons. The van der Waals surface area contributed by atoms with Crippen LogP contribution >= 0.6 is 0 Å². The molecule has 2 bridgehead atoms. The minimum atomic E-state index is -0.301. The Morgan fingerprint density at radius 3 is 2.58 bits per heavy atom. The minimum absolute atomic E-state index is 0.0740. The largest absolute Gasteiger partial charge is 0.352 e. The van der Waals surface area contributed by atoms with E-state index >= 15 is 0 Å². The highest BCUT2D eigenvalue weighted by Gasteiger charge is 2.60. The molecule has 2 nitrogen and oxygen atoms in total. The van der Waals surface area contributed by atoms with Gasteiger partial charge in [0.05, 0.1) is 0 Å². The van der Waals surface area contributed by atoms with E-state index in [0.717, 1.165) is 30.2 Å². The molecule has 0 spiro atoms. The maximum atomic E-state index is 12.8. The summed E-state index contributed by atoms with van der Waals surface area (Å²) in [6.45, 7) is 0.792. The van der Waals surface area contributed by atoms with Crippen LogP contribution in [-0.4, -0.2) is 12.5 Å². The average molecular weight is 259 g/mol. The highest BCUT2D eigenvalue weighted by Crippen LogP contribution is 2.67. The molecule has 3 aliphatic rings. The Bertz CT molecular complexity index is 512. The molecule has 3 saturated carbocycles. The van der Waals surface area contributed by atoms with Crippen molar-refractivity contribution in [2.75, 3.05) is 6.54 Å². The number of hydrogen-bond donors (Lipinski definition) is 1. The first-order valence-corrected chi connectivity index (χ1v) is 7.26. The number of halogens is 1. The fourth-order valence-corrected chi connectivity index (χ4v) is 4.51. The Kier molecular flexibility index (Phi) is 2.44. The number of nitrogens with one attached hydrogen (secondary N) is 1. The Hall–Kier alpha value is -1.38. The van der Waals surface area contributed by atoms with Gasteiger partial charge in [-0.15, -0.1) is 0 Å². The van der Waals surface area contributed by atoms with Gasteiger partial charge in [0.25, 0.3) is 5.91 Å². The van der Waals surface area contributed by atoms with Gasteiger partial charge in [0.2, 0.25) is 0 Å². The van der Waals surface area contributed by atoms with Crippen molar-refractivity contribution in [1.29, 1.82) is 0 Å². The molecule has 0 saturated heterocycles. The van der Waals surface area contributed by atoms with E-state index in [2.05, 4.69) is 5.32 Å². The van der Waals surface area contributed by atoms with E-state index in [-0.39, 0.29) is 11.7 Å². The van der Waals surface area contributed by atoms with Crippen LogP contribution < -0.4 is 5.32 Å². The summed E-state index contributed by atoms with van der Waals surface area (Å²) in [4.78, 5) is 12.0. The standard InChI is InChI=1S/C16H18FNO/c17-12-3-1-9(2-4-12)16(19)18-8-11-5-10-6-13(11)15-7-14(10)15/h1-4,10-11,13-15H,5-8H2,(H,18,19)/t10-,11-,13+,14-,15+/m0/s1. The number of rotatable bonds is 3. The van der Waals surface area contributed by atoms with Gasteiger partial charge in [-0.3, -0.25) is 4.79 Å². The van der Waals surface area contributed by atoms with Crippen molar-refractivity contribution in [3.8, 4) is 0 Å². The van der Waals surface area contributed by atoms with Crippen molar-refractivity contribution < 1.29 is 9.18 Å². The summed E-state index contributed by atoms with van der Waals surface area (Å²) in [6, 6.07) is 5.76. The van der Waals surface area contributed by atoms with Gasteiger partial charge < -0.3 is 5.32 Å². The molecule has 19 heavy (non-hydrogen) atoms. The van der Waals surface area contributed by atoms with Crippen LogP contribution in [0.3, 0.4) is 0 Å². The second-order valence-corrected chi connectivity index (χ2v) is 6.44. The maximum absolute atomic E-state index is 12.8. The van der Waals surface area contributed by atoms with Crippen LogP contribution in [0, 0.1) is 35.4 Å². The van der Waals surface area contributed by atoms with Gasteiger partial charge in [0, 0.05) is 12.1 Å². The molecule has 1 aromatic rings. The molecule has 0 aromatic heterocycles. The third-order valence-corrected chi connectivity index (χ3v) is 5.46. The lowest BCUT2D eigenvalue weighted by atomic mass is 9.88. The Balaban J connectivity index is 1.35. The Labute approximate surface area is 112 Å². The summed E-state index contributed by atoms with van der Waals surface area (Å²) in [7, 11) is 0. The lowest BCUT2D eigenvalue weighted by molar-refractivity contribution is 0.0941. The van der Waals surface area contributed by atoms with Gasteiger partial charge in [-0.1, -0.05) is 0 Å². The number of hydrogen-bond acceptors (Lipinski definition) is 1. The molecule has 4 rings (SSSR count). The molecule has 1 N–H and O–H groups in total. The predicted molar refractivity (Wildman–Crippen MR) is 70.0 cm³/mol. The van der Waals surface area contributed by atoms with Crippen molar-refractivity contribution in [2.45, 2.75) is 19.3 Å². The zero-order chi connectivity index (χ0) is 13.0. The van der Waals surface area contributed by atoms with Crippen LogP contribution in [-0.2, 0) is 0 Å². The lowest BCUT2D eigenvalue weighted by Crippen LogP contribution is -2.32. The highest BCUT2D eigenvalue weighted by molar-refractivity contribution is 5.94. The van der Waals surface area contributed by atoms with Crippen LogP contribution in [0.1, 0.15) is 29.6 Å². The molecular formula is C16H18FNO. The van der Waals surface area contributed by atoms with E-state index in [1.807, 2.05) is 0 Å². The Morgan fingerprint density at radius 1 is 1.11 bits per heavy atom. The van der Waals surface area contributed by atoms with Crippen LogP contribution in [0.2, 0.25) is 0 Å². The molecule has 5 atom stereocenters. The summed E-state index contributed by atoms with van der Waals surface area (Å²) in [5.41, 5.74) is 0.550. The fourth-order valence-electron chi connectivity index (χ4n) is 4.51. The van der Waals surface area contributed by atoms with Crippen molar-refractivity contribution in [2.24, 2.45) is 29.6 Å². The third kappa shape index (κ3) is 1.87. The predicted octanol–water partition coefficient (Wildman–Crippen LogP) is 2.85. The van der Waals surface area contributed by atoms with E-state index < -0.39 is 0 Å². The zero-order valence-electron chi connectivity index (χ0n) is 10.8. The van der Waals surface area contributed by atoms with E-state index in [9.17, 15) is 9.18 Å². The first-order chi connectivity index (χ1) is 9.22. The number of fused-ring (bicyclic) bond motifs is 5. The fraction of sp³-hybridized carbons (Fsp3) is 0.562. The van der Waals surface area contributed by atoms with Crippen molar-refractivity contribution in [3.63, 3.8) is 0 Å². The smallest absolute Gasteiger partial charge is 0.251 e. The molecule has 0 unspecified atom stereocenters. The van der Waals surface area contributed by atoms with Gasteiger partial charge in [0.1, 0.15) is 5.82 Å². The molecule has 0 heterocycles. The van der Waals surface area contributed by atoms with Crippen LogP contribution in [0.4, 0.5) is 4.39 Å². The molecule has 3 heteroatoms. The monoisotopic (exact) mass is 259 g/mol. The summed E-state index contributed by atoms with van der Waals surface area (Å²) >= 11 is 0. The number of carbonyl (C=O) groups excluding carboxylic acids is 1. The van der Waals surface area contributed by atoms with E-state index in [0.29, 0.717) is 11.5 Å². The third-order valence-electron chi connectivity index (χ3n) is 5.46. The van der Waals surface area contributed by atoms with Crippen molar-refractivity contribution in [1.82, 2.24) is 5.32 Å². The van der Waals surface area contributed by atoms with Crippen molar-refractivity contribution >= 4 is 5.91 Å². The van der Waals surface area contributed by atoms with Gasteiger partial charge in [-0.2, -0.15) is 0 Å². The number of benzene rings is 1. The van der Waals surface area contributed by atoms with Gasteiger partial charge in [-0.25, -0.2) is 4.39 Å².